The number of phenols is 1. The predicted octanol–water partition coefficient (Wildman–Crippen LogP) is 2.34. The molecule has 2 fully saturated rings. The number of aliphatic hydroxyl groups is 1. The molecule has 166 valence electrons. The van der Waals surface area contributed by atoms with Gasteiger partial charge in [0.15, 0.2) is 23.4 Å². The van der Waals surface area contributed by atoms with Gasteiger partial charge < -0.3 is 25.0 Å². The van der Waals surface area contributed by atoms with Gasteiger partial charge >= 0.3 is 5.97 Å². The number of likely N-dealkylation sites (N-methyl/N-ethyl adjacent to an activating group) is 1. The second-order valence-corrected chi connectivity index (χ2v) is 9.20. The highest BCUT2D eigenvalue weighted by Gasteiger charge is 2.72. The number of carbonyl (C=O) groups excluding carboxylic acids is 1. The van der Waals surface area contributed by atoms with E-state index >= 15 is 0 Å². The number of ketones is 1. The smallest absolute Gasteiger partial charge is 0.328 e. The number of hydrogen-bond donors (Lipinski definition) is 3. The second kappa shape index (κ2) is 7.50. The van der Waals surface area contributed by atoms with Crippen molar-refractivity contribution in [1.29, 1.82) is 0 Å². The van der Waals surface area contributed by atoms with Gasteiger partial charge in [-0.25, -0.2) is 4.79 Å². The summed E-state index contributed by atoms with van der Waals surface area (Å²) in [4.78, 5) is 24.6. The standard InChI is InChI=1S/C17H19NO4.C7H10O2/c1-18-7-6-16-13-9-2-3-10(19)14(13)22-15(16)11(20)4-5-17(16,21)12(18)8-9;1-6(2)4-3-5-7(8)9/h2-3,12,15,19,21H,4-8H2,1H3;3-5H,1-2H3,(H,8,9)/t12-,15+,16+,17-;/m1./s1. The minimum Gasteiger partial charge on any atom is -0.504 e. The number of likely N-dealkylation sites (tertiary alicyclic amines) is 1. The van der Waals surface area contributed by atoms with Gasteiger partial charge in [-0.1, -0.05) is 23.8 Å². The molecule has 0 radical (unpaired) electrons. The van der Waals surface area contributed by atoms with Gasteiger partial charge in [-0.3, -0.25) is 4.79 Å². The number of rotatable bonds is 2. The Bertz CT molecular complexity index is 994. The fourth-order valence-electron chi connectivity index (χ4n) is 5.86. The lowest BCUT2D eigenvalue weighted by Crippen LogP contribution is -2.76. The van der Waals surface area contributed by atoms with E-state index in [9.17, 15) is 19.8 Å². The summed E-state index contributed by atoms with van der Waals surface area (Å²) < 4.78 is 5.94. The zero-order valence-corrected chi connectivity index (χ0v) is 18.1. The maximum Gasteiger partial charge on any atom is 0.328 e. The Morgan fingerprint density at radius 1 is 1.29 bits per heavy atom. The van der Waals surface area contributed by atoms with Crippen molar-refractivity contribution in [2.45, 2.75) is 62.7 Å². The van der Waals surface area contributed by atoms with E-state index in [2.05, 4.69) is 4.90 Å². The summed E-state index contributed by atoms with van der Waals surface area (Å²) in [6, 6.07) is 3.57. The fourth-order valence-corrected chi connectivity index (χ4v) is 5.86. The fraction of sp³-hybridized carbons (Fsp3) is 0.500. The van der Waals surface area contributed by atoms with Gasteiger partial charge in [0.1, 0.15) is 0 Å². The van der Waals surface area contributed by atoms with Crippen LogP contribution in [0.5, 0.6) is 11.5 Å². The number of phenolic OH excluding ortho intramolecular Hbond substituents is 1. The zero-order chi connectivity index (χ0) is 22.6. The van der Waals surface area contributed by atoms with Crippen LogP contribution in [0.1, 0.15) is 44.2 Å². The highest BCUT2D eigenvalue weighted by molar-refractivity contribution is 5.90. The molecule has 2 aliphatic heterocycles. The van der Waals surface area contributed by atoms with E-state index in [0.717, 1.165) is 35.7 Å². The van der Waals surface area contributed by atoms with E-state index in [1.54, 1.807) is 12.1 Å². The van der Waals surface area contributed by atoms with Gasteiger partial charge in [-0.2, -0.15) is 0 Å². The van der Waals surface area contributed by atoms with Crippen LogP contribution in [0.4, 0.5) is 0 Å². The third-order valence-corrected chi connectivity index (χ3v) is 7.19. The van der Waals surface area contributed by atoms with Gasteiger partial charge in [0, 0.05) is 24.1 Å². The van der Waals surface area contributed by atoms with Gasteiger partial charge in [0.2, 0.25) is 0 Å². The molecule has 4 aliphatic rings. The molecule has 31 heavy (non-hydrogen) atoms. The number of carbonyl (C=O) groups is 2. The molecule has 4 atom stereocenters. The number of allylic oxidation sites excluding steroid dienone is 3. The lowest BCUT2D eigenvalue weighted by Gasteiger charge is -2.61. The Morgan fingerprint density at radius 2 is 2.03 bits per heavy atom. The maximum atomic E-state index is 12.5. The average molecular weight is 427 g/mol. The molecule has 2 aliphatic carbocycles. The first-order valence-corrected chi connectivity index (χ1v) is 10.6. The monoisotopic (exact) mass is 427 g/mol. The quantitative estimate of drug-likeness (QED) is 0.491. The van der Waals surface area contributed by atoms with Crippen LogP contribution in [0.25, 0.3) is 0 Å². The second-order valence-electron chi connectivity index (χ2n) is 9.20. The molecule has 7 nitrogen and oxygen atoms in total. The summed E-state index contributed by atoms with van der Waals surface area (Å²) in [6.07, 6.45) is 5.97. The van der Waals surface area contributed by atoms with E-state index < -0.39 is 23.1 Å². The number of benzene rings is 1. The summed E-state index contributed by atoms with van der Waals surface area (Å²) >= 11 is 0. The minimum atomic E-state index is -0.954. The first kappa shape index (κ1) is 21.6. The van der Waals surface area contributed by atoms with Crippen LogP contribution in [0.3, 0.4) is 0 Å². The van der Waals surface area contributed by atoms with Crippen molar-refractivity contribution in [3.8, 4) is 11.5 Å². The van der Waals surface area contributed by atoms with Crippen LogP contribution < -0.4 is 4.74 Å². The first-order chi connectivity index (χ1) is 14.6. The minimum absolute atomic E-state index is 0.00319. The van der Waals surface area contributed by atoms with Crippen molar-refractivity contribution in [3.63, 3.8) is 0 Å². The number of ether oxygens (including phenoxy) is 1. The molecule has 1 aromatic rings. The third kappa shape index (κ3) is 3.10. The SMILES string of the molecule is CC(C)=CC=CC(=O)O.CN1CC[C@]23c4c5ccc(O)c4O[C@H]2C(=O)CC[C@@]3(O)[C@H]1C5. The number of carboxylic acid groups (broad SMARTS) is 1. The summed E-state index contributed by atoms with van der Waals surface area (Å²) in [6.45, 7) is 4.65. The molecule has 1 spiro atoms. The Kier molecular flexibility index (Phi) is 5.22. The van der Waals surface area contributed by atoms with E-state index in [0.29, 0.717) is 25.0 Å². The molecule has 0 amide bonds. The van der Waals surface area contributed by atoms with Crippen molar-refractivity contribution in [3.05, 3.63) is 47.1 Å². The van der Waals surface area contributed by atoms with Crippen LogP contribution in [0.2, 0.25) is 0 Å². The van der Waals surface area contributed by atoms with E-state index in [1.807, 2.05) is 27.0 Å². The highest BCUT2D eigenvalue weighted by Crippen LogP contribution is 2.64. The number of Topliss-reactive ketones (excluding diaryl/α,β-unsaturated/α-hetero) is 1. The Balaban J connectivity index is 0.000000221. The zero-order valence-electron chi connectivity index (χ0n) is 18.1. The van der Waals surface area contributed by atoms with Crippen molar-refractivity contribution in [2.24, 2.45) is 0 Å². The number of hydrogen-bond acceptors (Lipinski definition) is 6. The number of nitrogens with zero attached hydrogens (tertiary/aromatic N) is 1. The lowest BCUT2D eigenvalue weighted by atomic mass is 9.49. The molecule has 5 rings (SSSR count). The number of aromatic hydroxyl groups is 1. The highest BCUT2D eigenvalue weighted by atomic mass is 16.5. The van der Waals surface area contributed by atoms with Crippen LogP contribution >= 0.6 is 0 Å². The number of aliphatic carboxylic acids is 1. The predicted molar refractivity (Wildman–Crippen MR) is 114 cm³/mol. The lowest BCUT2D eigenvalue weighted by molar-refractivity contribution is -0.185. The largest absolute Gasteiger partial charge is 0.504 e. The molecule has 2 bridgehead atoms. The van der Waals surface area contributed by atoms with Crippen molar-refractivity contribution < 1.29 is 29.6 Å². The molecular weight excluding hydrogens is 398 g/mol. The Labute approximate surface area is 181 Å². The topological polar surface area (TPSA) is 107 Å². The molecular formula is C24H29NO6. The molecule has 1 saturated heterocycles. The van der Waals surface area contributed by atoms with Crippen molar-refractivity contribution in [1.82, 2.24) is 4.90 Å². The van der Waals surface area contributed by atoms with E-state index in [4.69, 9.17) is 9.84 Å². The van der Waals surface area contributed by atoms with Gasteiger partial charge in [0.25, 0.3) is 0 Å². The summed E-state index contributed by atoms with van der Waals surface area (Å²) in [5.41, 5.74) is 1.46. The molecule has 3 N–H and O–H groups in total. The molecule has 1 aromatic carbocycles. The van der Waals surface area contributed by atoms with Crippen LogP contribution in [0.15, 0.2) is 35.9 Å². The summed E-state index contributed by atoms with van der Waals surface area (Å²) in [5.74, 6) is -0.349. The molecule has 2 heterocycles. The van der Waals surface area contributed by atoms with E-state index in [-0.39, 0.29) is 17.6 Å². The Hall–Kier alpha value is -2.64. The van der Waals surface area contributed by atoms with Gasteiger partial charge in [-0.05, 0) is 58.3 Å². The molecule has 7 heteroatoms. The van der Waals surface area contributed by atoms with Gasteiger partial charge in [-0.15, -0.1) is 0 Å². The summed E-state index contributed by atoms with van der Waals surface area (Å²) in [7, 11) is 2.04. The van der Waals surface area contributed by atoms with Crippen molar-refractivity contribution in [2.75, 3.05) is 13.6 Å². The number of piperidine rings is 1. The maximum absolute atomic E-state index is 12.5. The number of carboxylic acids is 1. The molecule has 0 unspecified atom stereocenters. The van der Waals surface area contributed by atoms with Crippen LogP contribution in [0, 0.1) is 0 Å². The van der Waals surface area contributed by atoms with Crippen LogP contribution in [-0.4, -0.2) is 63.3 Å². The van der Waals surface area contributed by atoms with Gasteiger partial charge in [0.05, 0.1) is 11.0 Å². The van der Waals surface area contributed by atoms with Crippen molar-refractivity contribution >= 4 is 11.8 Å². The summed E-state index contributed by atoms with van der Waals surface area (Å²) in [5, 5.41) is 29.9. The Morgan fingerprint density at radius 3 is 2.71 bits per heavy atom. The van der Waals surface area contributed by atoms with E-state index in [1.165, 1.54) is 6.08 Å². The average Bonchev–Trinajstić information content (AvgIpc) is 3.05. The molecule has 1 saturated carbocycles. The third-order valence-electron chi connectivity index (χ3n) is 7.19. The normalized spacial score (nSPS) is 32.6. The molecule has 0 aromatic heterocycles. The first-order valence-electron chi connectivity index (χ1n) is 10.6. The van der Waals surface area contributed by atoms with Crippen LogP contribution in [-0.2, 0) is 21.4 Å².